The summed E-state index contributed by atoms with van der Waals surface area (Å²) in [6.45, 7) is 7.30. The second-order valence-electron chi connectivity index (χ2n) is 3.38. The van der Waals surface area contributed by atoms with Crippen molar-refractivity contribution in [3.05, 3.63) is 30.1 Å². The molecule has 16 heavy (non-hydrogen) atoms. The fourth-order valence-corrected chi connectivity index (χ4v) is 1.36. The van der Waals surface area contributed by atoms with Gasteiger partial charge in [0.05, 0.1) is 0 Å². The number of pyridine rings is 1. The summed E-state index contributed by atoms with van der Waals surface area (Å²) in [4.78, 5) is 17.6. The Hall–Kier alpha value is -1.42. The fraction of sp³-hybridized carbons (Fsp3) is 0.500. The fourth-order valence-electron chi connectivity index (χ4n) is 1.36. The Morgan fingerprint density at radius 3 is 2.69 bits per heavy atom. The molecular formula is C12H18N2O2. The van der Waals surface area contributed by atoms with Crippen LogP contribution in [-0.4, -0.2) is 42.1 Å². The Morgan fingerprint density at radius 2 is 2.12 bits per heavy atom. The van der Waals surface area contributed by atoms with Crippen molar-refractivity contribution < 1.29 is 9.53 Å². The molecule has 0 aromatic carbocycles. The van der Waals surface area contributed by atoms with Crippen LogP contribution >= 0.6 is 0 Å². The zero-order chi connectivity index (χ0) is 11.8. The molecule has 0 saturated carbocycles. The molecule has 1 aromatic heterocycles. The van der Waals surface area contributed by atoms with Gasteiger partial charge in [-0.3, -0.25) is 0 Å². The molecule has 0 aliphatic heterocycles. The van der Waals surface area contributed by atoms with Gasteiger partial charge in [0.2, 0.25) is 0 Å². The first-order chi connectivity index (χ1) is 7.77. The predicted molar refractivity (Wildman–Crippen MR) is 62.3 cm³/mol. The van der Waals surface area contributed by atoms with E-state index in [0.717, 1.165) is 19.6 Å². The molecule has 0 radical (unpaired) electrons. The number of hydrogen-bond acceptors (Lipinski definition) is 4. The molecule has 0 amide bonds. The van der Waals surface area contributed by atoms with Crippen LogP contribution in [0.3, 0.4) is 0 Å². The highest BCUT2D eigenvalue weighted by molar-refractivity contribution is 5.87. The number of nitrogens with zero attached hydrogens (tertiary/aromatic N) is 2. The summed E-state index contributed by atoms with van der Waals surface area (Å²) in [7, 11) is 0. The van der Waals surface area contributed by atoms with Gasteiger partial charge in [-0.2, -0.15) is 0 Å². The van der Waals surface area contributed by atoms with Crippen molar-refractivity contribution in [2.75, 3.05) is 26.2 Å². The Balaban J connectivity index is 2.31. The standard InChI is InChI=1S/C12H18N2O2/c1-3-14(4-2)9-10-16-12(15)11-7-5-6-8-13-11/h5-8H,3-4,9-10H2,1-2H3. The topological polar surface area (TPSA) is 42.4 Å². The maximum atomic E-state index is 11.5. The van der Waals surface area contributed by atoms with E-state index >= 15 is 0 Å². The minimum atomic E-state index is -0.354. The monoisotopic (exact) mass is 222 g/mol. The molecule has 4 nitrogen and oxygen atoms in total. The number of esters is 1. The molecule has 4 heteroatoms. The minimum Gasteiger partial charge on any atom is -0.460 e. The Kier molecular flexibility index (Phi) is 5.50. The third kappa shape index (κ3) is 3.98. The highest BCUT2D eigenvalue weighted by Crippen LogP contribution is 1.97. The molecule has 0 aliphatic rings. The second kappa shape index (κ2) is 6.95. The summed E-state index contributed by atoms with van der Waals surface area (Å²) < 4.78 is 5.12. The highest BCUT2D eigenvalue weighted by atomic mass is 16.5. The number of aromatic nitrogens is 1. The summed E-state index contributed by atoms with van der Waals surface area (Å²) in [5, 5.41) is 0. The summed E-state index contributed by atoms with van der Waals surface area (Å²) in [5.41, 5.74) is 0.363. The molecule has 1 heterocycles. The van der Waals surface area contributed by atoms with E-state index in [-0.39, 0.29) is 5.97 Å². The molecular weight excluding hydrogens is 204 g/mol. The van der Waals surface area contributed by atoms with Gasteiger partial charge in [-0.25, -0.2) is 9.78 Å². The molecule has 88 valence electrons. The highest BCUT2D eigenvalue weighted by Gasteiger charge is 2.07. The van der Waals surface area contributed by atoms with Crippen LogP contribution in [0.15, 0.2) is 24.4 Å². The van der Waals surface area contributed by atoms with Crippen molar-refractivity contribution in [2.45, 2.75) is 13.8 Å². The lowest BCUT2D eigenvalue weighted by Gasteiger charge is -2.17. The molecule has 0 aliphatic carbocycles. The average molecular weight is 222 g/mol. The van der Waals surface area contributed by atoms with E-state index < -0.39 is 0 Å². The van der Waals surface area contributed by atoms with Gasteiger partial charge in [0, 0.05) is 12.7 Å². The third-order valence-electron chi connectivity index (χ3n) is 2.41. The predicted octanol–water partition coefficient (Wildman–Crippen LogP) is 1.58. The Bertz CT molecular complexity index is 310. The molecule has 0 fully saturated rings. The first kappa shape index (κ1) is 12.6. The van der Waals surface area contributed by atoms with Crippen LogP contribution in [0.25, 0.3) is 0 Å². The van der Waals surface area contributed by atoms with Gasteiger partial charge in [0.25, 0.3) is 0 Å². The minimum absolute atomic E-state index is 0.354. The van der Waals surface area contributed by atoms with Crippen LogP contribution in [0.1, 0.15) is 24.3 Å². The normalized spacial score (nSPS) is 10.4. The first-order valence-corrected chi connectivity index (χ1v) is 5.58. The van der Waals surface area contributed by atoms with E-state index in [0.29, 0.717) is 12.3 Å². The van der Waals surface area contributed by atoms with Crippen LogP contribution in [0.5, 0.6) is 0 Å². The average Bonchev–Trinajstić information content (AvgIpc) is 2.35. The van der Waals surface area contributed by atoms with Crippen molar-refractivity contribution in [3.63, 3.8) is 0 Å². The Morgan fingerprint density at radius 1 is 1.38 bits per heavy atom. The summed E-state index contributed by atoms with van der Waals surface area (Å²) in [5.74, 6) is -0.354. The van der Waals surface area contributed by atoms with Crippen LogP contribution < -0.4 is 0 Å². The van der Waals surface area contributed by atoms with Gasteiger partial charge in [0.1, 0.15) is 12.3 Å². The van der Waals surface area contributed by atoms with Gasteiger partial charge in [-0.15, -0.1) is 0 Å². The molecule has 1 aromatic rings. The molecule has 0 saturated heterocycles. The number of hydrogen-bond donors (Lipinski definition) is 0. The molecule has 0 unspecified atom stereocenters. The lowest BCUT2D eigenvalue weighted by atomic mass is 10.3. The molecule has 0 spiro atoms. The van der Waals surface area contributed by atoms with Crippen LogP contribution in [0.2, 0.25) is 0 Å². The lowest BCUT2D eigenvalue weighted by Crippen LogP contribution is -2.28. The number of ether oxygens (including phenoxy) is 1. The van der Waals surface area contributed by atoms with E-state index in [2.05, 4.69) is 23.7 Å². The first-order valence-electron chi connectivity index (χ1n) is 5.58. The van der Waals surface area contributed by atoms with Gasteiger partial charge < -0.3 is 9.64 Å². The molecule has 0 atom stereocenters. The molecule has 0 bridgehead atoms. The van der Waals surface area contributed by atoms with E-state index in [4.69, 9.17) is 4.74 Å². The van der Waals surface area contributed by atoms with Crippen molar-refractivity contribution in [1.82, 2.24) is 9.88 Å². The second-order valence-corrected chi connectivity index (χ2v) is 3.38. The number of rotatable bonds is 6. The van der Waals surface area contributed by atoms with E-state index in [9.17, 15) is 4.79 Å². The van der Waals surface area contributed by atoms with E-state index in [1.807, 2.05) is 0 Å². The van der Waals surface area contributed by atoms with Crippen molar-refractivity contribution in [3.8, 4) is 0 Å². The van der Waals surface area contributed by atoms with E-state index in [1.54, 1.807) is 24.4 Å². The number of carbonyl (C=O) groups excluding carboxylic acids is 1. The summed E-state index contributed by atoms with van der Waals surface area (Å²) >= 11 is 0. The van der Waals surface area contributed by atoms with Crippen molar-refractivity contribution in [2.24, 2.45) is 0 Å². The maximum Gasteiger partial charge on any atom is 0.356 e. The van der Waals surface area contributed by atoms with Gasteiger partial charge >= 0.3 is 5.97 Å². The molecule has 0 N–H and O–H groups in total. The Labute approximate surface area is 96.2 Å². The zero-order valence-corrected chi connectivity index (χ0v) is 9.85. The van der Waals surface area contributed by atoms with Crippen LogP contribution in [-0.2, 0) is 4.74 Å². The number of carbonyl (C=O) groups is 1. The van der Waals surface area contributed by atoms with Gasteiger partial charge in [-0.1, -0.05) is 19.9 Å². The SMILES string of the molecule is CCN(CC)CCOC(=O)c1ccccn1. The summed E-state index contributed by atoms with van der Waals surface area (Å²) in [6, 6.07) is 5.19. The van der Waals surface area contributed by atoms with Crippen molar-refractivity contribution >= 4 is 5.97 Å². The maximum absolute atomic E-state index is 11.5. The number of likely N-dealkylation sites (N-methyl/N-ethyl adjacent to an activating group) is 1. The van der Waals surface area contributed by atoms with Gasteiger partial charge in [-0.05, 0) is 25.2 Å². The van der Waals surface area contributed by atoms with Gasteiger partial charge in [0.15, 0.2) is 0 Å². The lowest BCUT2D eigenvalue weighted by molar-refractivity contribution is 0.0459. The largest absolute Gasteiger partial charge is 0.460 e. The molecule has 1 rings (SSSR count). The van der Waals surface area contributed by atoms with E-state index in [1.165, 1.54) is 0 Å². The van der Waals surface area contributed by atoms with Crippen molar-refractivity contribution in [1.29, 1.82) is 0 Å². The van der Waals surface area contributed by atoms with Crippen LogP contribution in [0.4, 0.5) is 0 Å². The summed E-state index contributed by atoms with van der Waals surface area (Å²) in [6.07, 6.45) is 1.58. The quantitative estimate of drug-likeness (QED) is 0.685. The zero-order valence-electron chi connectivity index (χ0n) is 9.85. The van der Waals surface area contributed by atoms with Crippen LogP contribution in [0, 0.1) is 0 Å². The third-order valence-corrected chi connectivity index (χ3v) is 2.41. The smallest absolute Gasteiger partial charge is 0.356 e.